The number of aryl methyl sites for hydroxylation is 1. The molecule has 1 aromatic rings. The number of nitrogens with zero attached hydrogens (tertiary/aromatic N) is 2. The largest absolute Gasteiger partial charge is 0.512 e. The fraction of sp³-hybridized carbons (Fsp3) is 0.556. The van der Waals surface area contributed by atoms with Crippen molar-refractivity contribution in [2.75, 3.05) is 0 Å². The molecule has 0 aliphatic heterocycles. The zero-order chi connectivity index (χ0) is 17.5. The smallest absolute Gasteiger partial charge is 0.449 e. The number of ether oxygens (including phenoxy) is 1. The summed E-state index contributed by atoms with van der Waals surface area (Å²) < 4.78 is 105. The second-order valence-electron chi connectivity index (χ2n) is 3.78. The molecular weight excluding hydrogens is 336 g/mol. The fourth-order valence-corrected chi connectivity index (χ4v) is 1.46. The van der Waals surface area contributed by atoms with Gasteiger partial charge in [0, 0.05) is 6.54 Å². The van der Waals surface area contributed by atoms with Crippen molar-refractivity contribution in [1.82, 2.24) is 9.78 Å². The summed E-state index contributed by atoms with van der Waals surface area (Å²) in [7, 11) is 0. The van der Waals surface area contributed by atoms with Gasteiger partial charge < -0.3 is 9.84 Å². The van der Waals surface area contributed by atoms with Gasteiger partial charge in [-0.3, -0.25) is 0 Å². The van der Waals surface area contributed by atoms with Crippen molar-refractivity contribution in [2.24, 2.45) is 0 Å². The quantitative estimate of drug-likeness (QED) is 0.673. The van der Waals surface area contributed by atoms with Crippen LogP contribution in [0.15, 0.2) is 0 Å². The molecule has 0 fully saturated rings. The van der Waals surface area contributed by atoms with Gasteiger partial charge in [0.05, 0.1) is 0 Å². The molecule has 0 atom stereocenters. The second kappa shape index (κ2) is 5.28. The molecule has 1 heterocycles. The van der Waals surface area contributed by atoms with Crippen LogP contribution in [0.1, 0.15) is 18.2 Å². The zero-order valence-corrected chi connectivity index (χ0v) is 10.4. The molecule has 0 aromatic carbocycles. The molecule has 0 unspecified atom stereocenters. The lowest BCUT2D eigenvalue weighted by Crippen LogP contribution is -2.36. The van der Waals surface area contributed by atoms with E-state index in [1.54, 1.807) is 0 Å². The third-order valence-corrected chi connectivity index (χ3v) is 2.33. The van der Waals surface area contributed by atoms with Crippen molar-refractivity contribution >= 4 is 6.16 Å². The van der Waals surface area contributed by atoms with Crippen LogP contribution in [0.5, 0.6) is 5.88 Å². The zero-order valence-electron chi connectivity index (χ0n) is 10.4. The van der Waals surface area contributed by atoms with Crippen LogP contribution in [0, 0.1) is 0 Å². The molecule has 126 valence electrons. The van der Waals surface area contributed by atoms with Crippen LogP contribution in [0.2, 0.25) is 0 Å². The monoisotopic (exact) mass is 342 g/mol. The first kappa shape index (κ1) is 18.0. The SMILES string of the molecule is CCn1nc(C(F)(F)C(F)(F)F)c(C(F)(F)F)c1OC(=O)O. The van der Waals surface area contributed by atoms with Crippen molar-refractivity contribution in [3.05, 3.63) is 11.3 Å². The molecule has 13 heteroatoms. The highest BCUT2D eigenvalue weighted by Gasteiger charge is 2.64. The predicted octanol–water partition coefficient (Wildman–Crippen LogP) is 3.63. The van der Waals surface area contributed by atoms with Gasteiger partial charge in [0.25, 0.3) is 0 Å². The molecule has 1 N–H and O–H groups in total. The Morgan fingerprint density at radius 1 is 1.18 bits per heavy atom. The maximum atomic E-state index is 13.2. The normalized spacial score (nSPS) is 13.3. The highest BCUT2D eigenvalue weighted by molar-refractivity contribution is 5.61. The second-order valence-corrected chi connectivity index (χ2v) is 3.78. The van der Waals surface area contributed by atoms with Crippen LogP contribution >= 0.6 is 0 Å². The Morgan fingerprint density at radius 2 is 1.68 bits per heavy atom. The van der Waals surface area contributed by atoms with Crippen LogP contribution in [-0.4, -0.2) is 27.2 Å². The number of alkyl halides is 8. The fourth-order valence-electron chi connectivity index (χ4n) is 1.46. The van der Waals surface area contributed by atoms with Gasteiger partial charge in [0.15, 0.2) is 5.69 Å². The van der Waals surface area contributed by atoms with Crippen molar-refractivity contribution in [3.8, 4) is 5.88 Å². The highest BCUT2D eigenvalue weighted by atomic mass is 19.4. The molecule has 0 saturated carbocycles. The summed E-state index contributed by atoms with van der Waals surface area (Å²) in [4.78, 5) is 10.3. The van der Waals surface area contributed by atoms with Gasteiger partial charge in [-0.15, -0.1) is 0 Å². The molecule has 5 nitrogen and oxygen atoms in total. The number of hydrogen-bond donors (Lipinski definition) is 1. The van der Waals surface area contributed by atoms with Gasteiger partial charge in [-0.25, -0.2) is 9.48 Å². The Bertz CT molecular complexity index is 575. The molecular formula is C9H6F8N2O3. The van der Waals surface area contributed by atoms with Gasteiger partial charge in [-0.05, 0) is 6.92 Å². The Labute approximate surface area is 116 Å². The lowest BCUT2D eigenvalue weighted by atomic mass is 10.1. The van der Waals surface area contributed by atoms with Gasteiger partial charge in [-0.1, -0.05) is 0 Å². The van der Waals surface area contributed by atoms with E-state index >= 15 is 0 Å². The minimum atomic E-state index is -6.36. The van der Waals surface area contributed by atoms with E-state index in [-0.39, 0.29) is 4.68 Å². The van der Waals surface area contributed by atoms with Gasteiger partial charge in [-0.2, -0.15) is 40.2 Å². The first-order chi connectivity index (χ1) is 9.73. The average Bonchev–Trinajstić information content (AvgIpc) is 2.65. The van der Waals surface area contributed by atoms with Gasteiger partial charge in [0.2, 0.25) is 5.88 Å². The van der Waals surface area contributed by atoms with E-state index in [0.717, 1.165) is 6.92 Å². The first-order valence-corrected chi connectivity index (χ1v) is 5.27. The van der Waals surface area contributed by atoms with E-state index in [1.807, 2.05) is 0 Å². The van der Waals surface area contributed by atoms with Crippen molar-refractivity contribution in [2.45, 2.75) is 31.7 Å². The number of halogens is 8. The summed E-state index contributed by atoms with van der Waals surface area (Å²) in [5, 5.41) is 10.8. The van der Waals surface area contributed by atoms with Crippen LogP contribution in [0.4, 0.5) is 39.9 Å². The Kier molecular flexibility index (Phi) is 4.31. The summed E-state index contributed by atoms with van der Waals surface area (Å²) in [6.07, 6.45) is -14.4. The van der Waals surface area contributed by atoms with Crippen LogP contribution < -0.4 is 4.74 Å². The van der Waals surface area contributed by atoms with E-state index < -0.39 is 48.1 Å². The van der Waals surface area contributed by atoms with Gasteiger partial charge >= 0.3 is 24.4 Å². The molecule has 1 rings (SSSR count). The van der Waals surface area contributed by atoms with Crippen LogP contribution in [-0.2, 0) is 18.6 Å². The maximum absolute atomic E-state index is 13.2. The first-order valence-electron chi connectivity index (χ1n) is 5.27. The molecule has 0 aliphatic rings. The lowest BCUT2D eigenvalue weighted by Gasteiger charge is -2.19. The predicted molar refractivity (Wildman–Crippen MR) is 51.5 cm³/mol. The van der Waals surface area contributed by atoms with Gasteiger partial charge in [0.1, 0.15) is 5.56 Å². The molecule has 0 bridgehead atoms. The number of carboxylic acid groups (broad SMARTS) is 1. The summed E-state index contributed by atoms with van der Waals surface area (Å²) in [6, 6.07) is 0. The summed E-state index contributed by atoms with van der Waals surface area (Å²) in [5.74, 6) is -7.71. The number of rotatable bonds is 3. The summed E-state index contributed by atoms with van der Waals surface area (Å²) >= 11 is 0. The Morgan fingerprint density at radius 3 is 2.00 bits per heavy atom. The number of aromatic nitrogens is 2. The minimum Gasteiger partial charge on any atom is -0.449 e. The summed E-state index contributed by atoms with van der Waals surface area (Å²) in [5.41, 5.74) is -5.27. The average molecular weight is 342 g/mol. The molecule has 0 radical (unpaired) electrons. The van der Waals surface area contributed by atoms with Crippen molar-refractivity contribution in [1.29, 1.82) is 0 Å². The Balaban J connectivity index is 3.73. The third-order valence-electron chi connectivity index (χ3n) is 2.33. The lowest BCUT2D eigenvalue weighted by molar-refractivity contribution is -0.292. The van der Waals surface area contributed by atoms with E-state index in [9.17, 15) is 39.9 Å². The van der Waals surface area contributed by atoms with E-state index in [1.165, 1.54) is 0 Å². The summed E-state index contributed by atoms with van der Waals surface area (Å²) in [6.45, 7) is 0.400. The topological polar surface area (TPSA) is 64.4 Å². The number of hydrogen-bond acceptors (Lipinski definition) is 3. The minimum absolute atomic E-state index is 0.0497. The van der Waals surface area contributed by atoms with E-state index in [0.29, 0.717) is 0 Å². The number of carbonyl (C=O) groups is 1. The molecule has 22 heavy (non-hydrogen) atoms. The van der Waals surface area contributed by atoms with Crippen molar-refractivity contribution in [3.63, 3.8) is 0 Å². The van der Waals surface area contributed by atoms with Crippen molar-refractivity contribution < 1.29 is 49.8 Å². The van der Waals surface area contributed by atoms with Crippen LogP contribution in [0.3, 0.4) is 0 Å². The molecule has 0 amide bonds. The molecule has 1 aromatic heterocycles. The molecule has 0 saturated heterocycles. The standard InChI is InChI=1S/C9H6F8N2O3/c1-2-19-5(22-6(20)21)3(8(12,13)14)4(18-19)7(10,11)9(15,16)17/h2H2,1H3,(H,20,21). The Hall–Kier alpha value is -2.08. The van der Waals surface area contributed by atoms with E-state index in [2.05, 4.69) is 9.84 Å². The highest BCUT2D eigenvalue weighted by Crippen LogP contribution is 2.50. The van der Waals surface area contributed by atoms with Crippen LogP contribution in [0.25, 0.3) is 0 Å². The molecule has 0 aliphatic carbocycles. The molecule has 0 spiro atoms. The van der Waals surface area contributed by atoms with E-state index in [4.69, 9.17) is 5.11 Å². The maximum Gasteiger partial charge on any atom is 0.512 e. The third kappa shape index (κ3) is 3.06.